The molecule has 3 nitrogen and oxygen atoms in total. The van der Waals surface area contributed by atoms with Crippen molar-refractivity contribution < 1.29 is 4.39 Å². The van der Waals surface area contributed by atoms with Crippen LogP contribution in [-0.4, -0.2) is 32.6 Å². The first-order valence-corrected chi connectivity index (χ1v) is 10.7. The van der Waals surface area contributed by atoms with Crippen molar-refractivity contribution in [3.05, 3.63) is 53.6 Å². The summed E-state index contributed by atoms with van der Waals surface area (Å²) in [7, 11) is 0. The van der Waals surface area contributed by atoms with Gasteiger partial charge in [-0.2, -0.15) is 0 Å². The lowest BCUT2D eigenvalue weighted by Crippen LogP contribution is -2.48. The van der Waals surface area contributed by atoms with Crippen LogP contribution in [-0.2, 0) is 13.0 Å². The Balaban J connectivity index is 1.38. The maximum absolute atomic E-state index is 14.0. The van der Waals surface area contributed by atoms with E-state index in [1.165, 1.54) is 43.4 Å². The van der Waals surface area contributed by atoms with E-state index in [0.717, 1.165) is 35.7 Å². The van der Waals surface area contributed by atoms with E-state index < -0.39 is 0 Å². The maximum atomic E-state index is 14.0. The van der Waals surface area contributed by atoms with E-state index in [1.54, 1.807) is 13.0 Å². The van der Waals surface area contributed by atoms with E-state index in [2.05, 4.69) is 27.7 Å². The average molecular weight is 375 g/mol. The van der Waals surface area contributed by atoms with Gasteiger partial charge in [-0.3, -0.25) is 4.90 Å². The number of imidazole rings is 1. The highest BCUT2D eigenvalue weighted by Gasteiger charge is 2.42. The molecule has 1 aromatic heterocycles. The van der Waals surface area contributed by atoms with Gasteiger partial charge in [-0.15, -0.1) is 0 Å². The van der Waals surface area contributed by atoms with Crippen LogP contribution in [0.25, 0.3) is 22.2 Å². The normalized spacial score (nSPS) is 24.9. The van der Waals surface area contributed by atoms with Crippen LogP contribution in [0.3, 0.4) is 0 Å². The van der Waals surface area contributed by atoms with E-state index in [4.69, 9.17) is 4.98 Å². The molecule has 2 aromatic carbocycles. The van der Waals surface area contributed by atoms with Gasteiger partial charge in [0.2, 0.25) is 0 Å². The maximum Gasteiger partial charge on any atom is 0.126 e. The second-order valence-electron chi connectivity index (χ2n) is 8.93. The average Bonchev–Trinajstić information content (AvgIpc) is 3.12. The number of fused-ring (bicyclic) bond motifs is 5. The van der Waals surface area contributed by atoms with Crippen LogP contribution in [0.5, 0.6) is 0 Å². The van der Waals surface area contributed by atoms with Gasteiger partial charge in [0.15, 0.2) is 0 Å². The predicted octanol–water partition coefficient (Wildman–Crippen LogP) is 5.09. The molecule has 4 heteroatoms. The fraction of sp³-hybridized carbons (Fsp3) is 0.458. The molecule has 2 atom stereocenters. The number of nitrogens with zero attached hydrogens (tertiary/aromatic N) is 3. The van der Waals surface area contributed by atoms with Gasteiger partial charge < -0.3 is 4.57 Å². The van der Waals surface area contributed by atoms with Crippen molar-refractivity contribution in [1.29, 1.82) is 0 Å². The van der Waals surface area contributed by atoms with Gasteiger partial charge in [-0.05, 0) is 67.5 Å². The van der Waals surface area contributed by atoms with Crippen LogP contribution in [0.15, 0.2) is 36.4 Å². The molecule has 3 aromatic rings. The topological polar surface area (TPSA) is 21.1 Å². The van der Waals surface area contributed by atoms with Crippen LogP contribution in [0, 0.1) is 12.7 Å². The number of aryl methyl sites for hydroxylation is 1. The van der Waals surface area contributed by atoms with Crippen molar-refractivity contribution >= 4 is 11.0 Å². The molecule has 0 amide bonds. The quantitative estimate of drug-likeness (QED) is 0.622. The Morgan fingerprint density at radius 1 is 0.929 bits per heavy atom. The highest BCUT2D eigenvalue weighted by molar-refractivity contribution is 5.82. The van der Waals surface area contributed by atoms with Crippen molar-refractivity contribution in [2.24, 2.45) is 0 Å². The van der Waals surface area contributed by atoms with E-state index in [-0.39, 0.29) is 5.82 Å². The molecule has 3 aliphatic rings. The summed E-state index contributed by atoms with van der Waals surface area (Å²) >= 11 is 0. The number of benzene rings is 2. The van der Waals surface area contributed by atoms with Gasteiger partial charge in [0.1, 0.15) is 11.6 Å². The van der Waals surface area contributed by atoms with E-state index in [0.29, 0.717) is 17.6 Å². The van der Waals surface area contributed by atoms with Gasteiger partial charge in [-0.25, -0.2) is 9.37 Å². The second kappa shape index (κ2) is 6.15. The van der Waals surface area contributed by atoms with Gasteiger partial charge in [-0.1, -0.05) is 24.6 Å². The first kappa shape index (κ1) is 16.7. The summed E-state index contributed by atoms with van der Waals surface area (Å²) in [5.41, 5.74) is 4.92. The Kier molecular flexibility index (Phi) is 3.67. The van der Waals surface area contributed by atoms with Gasteiger partial charge in [0.05, 0.1) is 11.0 Å². The summed E-state index contributed by atoms with van der Waals surface area (Å²) in [6.45, 7) is 2.87. The Hall–Kier alpha value is -2.20. The Morgan fingerprint density at radius 2 is 1.71 bits per heavy atom. The van der Waals surface area contributed by atoms with Crippen molar-refractivity contribution in [2.75, 3.05) is 0 Å². The van der Waals surface area contributed by atoms with Gasteiger partial charge in [0, 0.05) is 31.1 Å². The third-order valence-corrected chi connectivity index (χ3v) is 7.32. The van der Waals surface area contributed by atoms with Crippen molar-refractivity contribution in [2.45, 2.75) is 70.1 Å². The van der Waals surface area contributed by atoms with E-state index in [1.807, 2.05) is 12.1 Å². The second-order valence-corrected chi connectivity index (χ2v) is 8.93. The summed E-state index contributed by atoms with van der Waals surface area (Å²) < 4.78 is 16.5. The lowest BCUT2D eigenvalue weighted by atomic mass is 9.90. The smallest absolute Gasteiger partial charge is 0.126 e. The lowest BCUT2D eigenvalue weighted by molar-refractivity contribution is 0.0739. The fourth-order valence-corrected chi connectivity index (χ4v) is 5.57. The number of halogens is 1. The summed E-state index contributed by atoms with van der Waals surface area (Å²) in [5.74, 6) is 1.09. The molecule has 1 saturated carbocycles. The summed E-state index contributed by atoms with van der Waals surface area (Å²) in [5, 5.41) is 0. The minimum atomic E-state index is -0.147. The van der Waals surface area contributed by atoms with Crippen LogP contribution in [0.4, 0.5) is 4.39 Å². The monoisotopic (exact) mass is 375 g/mol. The Labute approximate surface area is 165 Å². The molecule has 2 fully saturated rings. The minimum absolute atomic E-state index is 0.147. The number of rotatable bonds is 2. The summed E-state index contributed by atoms with van der Waals surface area (Å²) in [6.07, 6.45) is 7.87. The fourth-order valence-electron chi connectivity index (χ4n) is 5.57. The van der Waals surface area contributed by atoms with E-state index >= 15 is 0 Å². The van der Waals surface area contributed by atoms with Crippen molar-refractivity contribution in [3.8, 4) is 11.1 Å². The molecule has 6 rings (SSSR count). The van der Waals surface area contributed by atoms with E-state index in [9.17, 15) is 4.39 Å². The Bertz CT molecular complexity index is 1070. The highest BCUT2D eigenvalue weighted by atomic mass is 19.1. The molecular formula is C24H26FN3. The number of hydrogen-bond acceptors (Lipinski definition) is 2. The predicted molar refractivity (Wildman–Crippen MR) is 110 cm³/mol. The molecular weight excluding hydrogens is 349 g/mol. The molecule has 0 radical (unpaired) electrons. The van der Waals surface area contributed by atoms with Gasteiger partial charge >= 0.3 is 0 Å². The Morgan fingerprint density at radius 3 is 2.50 bits per heavy atom. The largest absolute Gasteiger partial charge is 0.326 e. The third kappa shape index (κ3) is 2.47. The molecule has 144 valence electrons. The van der Waals surface area contributed by atoms with Gasteiger partial charge in [0.25, 0.3) is 0 Å². The zero-order valence-corrected chi connectivity index (χ0v) is 16.4. The first-order valence-electron chi connectivity index (χ1n) is 10.7. The van der Waals surface area contributed by atoms with Crippen molar-refractivity contribution in [1.82, 2.24) is 14.5 Å². The highest BCUT2D eigenvalue weighted by Crippen LogP contribution is 2.40. The minimum Gasteiger partial charge on any atom is -0.326 e. The molecule has 2 unspecified atom stereocenters. The molecule has 2 aliphatic heterocycles. The number of hydrogen-bond donors (Lipinski definition) is 0. The third-order valence-electron chi connectivity index (χ3n) is 7.32. The molecule has 1 saturated heterocycles. The molecule has 2 bridgehead atoms. The van der Waals surface area contributed by atoms with Crippen LogP contribution >= 0.6 is 0 Å². The molecule has 28 heavy (non-hydrogen) atoms. The zero-order valence-electron chi connectivity index (χ0n) is 16.4. The molecule has 1 aliphatic carbocycles. The first-order chi connectivity index (χ1) is 13.7. The standard InChI is InChI=1S/C24H26FN3/c1-15-5-6-16(11-21(15)25)17-7-10-23-22(12-17)26-24-13-19-8-9-20(14-27(23)24)28(19)18-3-2-4-18/h5-7,10-12,18-20H,2-4,8-9,13-14H2,1H3. The summed E-state index contributed by atoms with van der Waals surface area (Å²) in [6, 6.07) is 14.1. The number of aromatic nitrogens is 2. The zero-order chi connectivity index (χ0) is 18.8. The van der Waals surface area contributed by atoms with Crippen LogP contribution in [0.2, 0.25) is 0 Å². The molecule has 3 heterocycles. The van der Waals surface area contributed by atoms with Crippen LogP contribution in [0.1, 0.15) is 43.5 Å². The molecule has 0 spiro atoms. The summed E-state index contributed by atoms with van der Waals surface area (Å²) in [4.78, 5) is 7.88. The van der Waals surface area contributed by atoms with Crippen molar-refractivity contribution in [3.63, 3.8) is 0 Å². The SMILES string of the molecule is Cc1ccc(-c2ccc3c(c2)nc2n3CC3CCC(C2)N3C2CCC2)cc1F. The lowest BCUT2D eigenvalue weighted by Gasteiger charge is -2.41. The molecule has 0 N–H and O–H groups in total. The van der Waals surface area contributed by atoms with Crippen LogP contribution < -0.4 is 0 Å².